The average molecular weight is 411 g/mol. The van der Waals surface area contributed by atoms with Crippen LogP contribution in [0.3, 0.4) is 0 Å². The van der Waals surface area contributed by atoms with Crippen molar-refractivity contribution >= 4 is 43.3 Å². The summed E-state index contributed by atoms with van der Waals surface area (Å²) in [6, 6.07) is 4.69. The van der Waals surface area contributed by atoms with Gasteiger partial charge in [-0.25, -0.2) is 18.2 Å². The number of fused-ring (bicyclic) bond motifs is 1. The van der Waals surface area contributed by atoms with Gasteiger partial charge in [-0.15, -0.1) is 11.3 Å². The van der Waals surface area contributed by atoms with Gasteiger partial charge in [0.2, 0.25) is 0 Å². The number of amides is 1. The van der Waals surface area contributed by atoms with E-state index in [2.05, 4.69) is 4.98 Å². The molecule has 1 saturated heterocycles. The fraction of sp³-hybridized carbons (Fsp3) is 0.500. The second-order valence-corrected chi connectivity index (χ2v) is 10.2. The van der Waals surface area contributed by atoms with Crippen LogP contribution in [0.1, 0.15) is 30.6 Å². The molecular weight excluding hydrogens is 388 g/mol. The predicted molar refractivity (Wildman–Crippen MR) is 104 cm³/mol. The van der Waals surface area contributed by atoms with Crippen LogP contribution in [-0.4, -0.2) is 60.9 Å². The van der Waals surface area contributed by atoms with Crippen molar-refractivity contribution in [1.82, 2.24) is 9.88 Å². The van der Waals surface area contributed by atoms with Crippen molar-refractivity contribution in [2.75, 3.05) is 24.7 Å². The van der Waals surface area contributed by atoms with Crippen LogP contribution in [0.2, 0.25) is 0 Å². The van der Waals surface area contributed by atoms with E-state index in [4.69, 9.17) is 4.74 Å². The van der Waals surface area contributed by atoms with E-state index in [-0.39, 0.29) is 29.4 Å². The van der Waals surface area contributed by atoms with Crippen LogP contribution in [0.25, 0.3) is 10.2 Å². The maximum Gasteiger partial charge on any atom is 0.338 e. The average Bonchev–Trinajstić information content (AvgIpc) is 3.22. The summed E-state index contributed by atoms with van der Waals surface area (Å²) in [4.78, 5) is 30.6. The largest absolute Gasteiger partial charge is 0.452 e. The van der Waals surface area contributed by atoms with Crippen molar-refractivity contribution in [3.05, 3.63) is 29.3 Å². The predicted octanol–water partition coefficient (Wildman–Crippen LogP) is 2.12. The highest BCUT2D eigenvalue weighted by Gasteiger charge is 2.35. The first kappa shape index (κ1) is 19.8. The maximum absolute atomic E-state index is 12.6. The van der Waals surface area contributed by atoms with E-state index in [1.54, 1.807) is 28.6 Å². The highest BCUT2D eigenvalue weighted by atomic mass is 32.2. The molecule has 0 bridgehead atoms. The molecule has 27 heavy (non-hydrogen) atoms. The monoisotopic (exact) mass is 410 g/mol. The lowest BCUT2D eigenvalue weighted by Crippen LogP contribution is -2.45. The number of thiazole rings is 1. The summed E-state index contributed by atoms with van der Waals surface area (Å²) in [5, 5.41) is 0. The third-order valence-electron chi connectivity index (χ3n) is 4.43. The second-order valence-electron chi connectivity index (χ2n) is 7.11. The molecule has 0 saturated carbocycles. The first-order chi connectivity index (χ1) is 12.7. The molecule has 1 fully saturated rings. The van der Waals surface area contributed by atoms with Crippen LogP contribution in [0, 0.1) is 5.92 Å². The second kappa shape index (κ2) is 7.93. The molecule has 1 aliphatic heterocycles. The summed E-state index contributed by atoms with van der Waals surface area (Å²) in [6.07, 6.45) is 0.427. The van der Waals surface area contributed by atoms with Gasteiger partial charge in [0.1, 0.15) is 0 Å². The standard InChI is InChI=1S/C18H22N2O5S2/c1-12(2)8-20(14-5-6-27(23,24)10-14)17(21)9-25-18(22)13-3-4-15-16(7-13)26-11-19-15/h3-4,7,11-12,14H,5-6,8-10H2,1-2H3/t14-/m0/s1. The van der Waals surface area contributed by atoms with Crippen LogP contribution in [-0.2, 0) is 19.4 Å². The van der Waals surface area contributed by atoms with Gasteiger partial charge in [0.05, 0.1) is 32.8 Å². The first-order valence-corrected chi connectivity index (χ1v) is 11.5. The summed E-state index contributed by atoms with van der Waals surface area (Å²) in [6.45, 7) is 3.95. The van der Waals surface area contributed by atoms with Gasteiger partial charge in [0, 0.05) is 12.6 Å². The van der Waals surface area contributed by atoms with Crippen LogP contribution in [0.5, 0.6) is 0 Å². The van der Waals surface area contributed by atoms with Crippen LogP contribution >= 0.6 is 11.3 Å². The number of hydrogen-bond donors (Lipinski definition) is 0. The Morgan fingerprint density at radius 2 is 2.15 bits per heavy atom. The molecule has 2 heterocycles. The zero-order valence-electron chi connectivity index (χ0n) is 15.3. The van der Waals surface area contributed by atoms with E-state index in [0.717, 1.165) is 10.2 Å². The molecule has 0 N–H and O–H groups in total. The number of ether oxygens (including phenoxy) is 1. The van der Waals surface area contributed by atoms with Gasteiger partial charge in [-0.2, -0.15) is 0 Å². The number of benzene rings is 1. The molecule has 2 aromatic rings. The molecule has 1 aromatic carbocycles. The quantitative estimate of drug-likeness (QED) is 0.677. The molecule has 1 aliphatic rings. The Kier molecular flexibility index (Phi) is 5.81. The molecular formula is C18H22N2O5S2. The summed E-state index contributed by atoms with van der Waals surface area (Å²) >= 11 is 1.42. The number of carbonyl (C=O) groups is 2. The van der Waals surface area contributed by atoms with E-state index in [9.17, 15) is 18.0 Å². The number of aromatic nitrogens is 1. The number of nitrogens with zero attached hydrogens (tertiary/aromatic N) is 2. The number of esters is 1. The molecule has 1 aromatic heterocycles. The molecule has 1 amide bonds. The van der Waals surface area contributed by atoms with Gasteiger partial charge in [-0.1, -0.05) is 13.8 Å². The maximum atomic E-state index is 12.6. The zero-order chi connectivity index (χ0) is 19.6. The Morgan fingerprint density at radius 1 is 1.37 bits per heavy atom. The first-order valence-electron chi connectivity index (χ1n) is 8.75. The van der Waals surface area contributed by atoms with Gasteiger partial charge < -0.3 is 9.64 Å². The summed E-state index contributed by atoms with van der Waals surface area (Å²) < 4.78 is 29.6. The van der Waals surface area contributed by atoms with Crippen molar-refractivity contribution in [2.45, 2.75) is 26.3 Å². The lowest BCUT2D eigenvalue weighted by molar-refractivity contribution is -0.137. The Labute approximate surface area is 162 Å². The highest BCUT2D eigenvalue weighted by Crippen LogP contribution is 2.21. The summed E-state index contributed by atoms with van der Waals surface area (Å²) in [5.41, 5.74) is 2.86. The van der Waals surface area contributed by atoms with Gasteiger partial charge >= 0.3 is 5.97 Å². The number of sulfone groups is 1. The van der Waals surface area contributed by atoms with Crippen LogP contribution in [0.4, 0.5) is 0 Å². The van der Waals surface area contributed by atoms with Gasteiger partial charge in [0.25, 0.3) is 5.91 Å². The minimum Gasteiger partial charge on any atom is -0.452 e. The fourth-order valence-electron chi connectivity index (χ4n) is 3.14. The minimum absolute atomic E-state index is 0.0263. The van der Waals surface area contributed by atoms with Gasteiger partial charge in [-0.05, 0) is 30.5 Å². The van der Waals surface area contributed by atoms with Gasteiger partial charge in [0.15, 0.2) is 16.4 Å². The van der Waals surface area contributed by atoms with E-state index < -0.39 is 22.4 Å². The SMILES string of the molecule is CC(C)CN(C(=O)COC(=O)c1ccc2ncsc2c1)[C@H]1CCS(=O)(=O)C1. The zero-order valence-corrected chi connectivity index (χ0v) is 16.9. The lowest BCUT2D eigenvalue weighted by Gasteiger charge is -2.29. The molecule has 3 rings (SSSR count). The molecule has 1 atom stereocenters. The minimum atomic E-state index is -3.11. The molecule has 0 radical (unpaired) electrons. The van der Waals surface area contributed by atoms with Crippen LogP contribution < -0.4 is 0 Å². The lowest BCUT2D eigenvalue weighted by atomic mass is 10.1. The van der Waals surface area contributed by atoms with Crippen LogP contribution in [0.15, 0.2) is 23.7 Å². The number of rotatable bonds is 6. The van der Waals surface area contributed by atoms with Crippen molar-refractivity contribution in [3.8, 4) is 0 Å². The number of hydrogen-bond acceptors (Lipinski definition) is 7. The third kappa shape index (κ3) is 4.84. The molecule has 7 nitrogen and oxygen atoms in total. The van der Waals surface area contributed by atoms with Crippen molar-refractivity contribution < 1.29 is 22.7 Å². The van der Waals surface area contributed by atoms with Crippen molar-refractivity contribution in [2.24, 2.45) is 5.92 Å². The molecule has 0 spiro atoms. The van der Waals surface area contributed by atoms with Crippen molar-refractivity contribution in [1.29, 1.82) is 0 Å². The number of carbonyl (C=O) groups excluding carboxylic acids is 2. The smallest absolute Gasteiger partial charge is 0.338 e. The van der Waals surface area contributed by atoms with E-state index in [1.165, 1.54) is 11.3 Å². The Morgan fingerprint density at radius 3 is 2.81 bits per heavy atom. The highest BCUT2D eigenvalue weighted by molar-refractivity contribution is 7.91. The summed E-state index contributed by atoms with van der Waals surface area (Å²) in [7, 11) is -3.11. The summed E-state index contributed by atoms with van der Waals surface area (Å²) in [5.74, 6) is -0.697. The van der Waals surface area contributed by atoms with E-state index >= 15 is 0 Å². The van der Waals surface area contributed by atoms with E-state index in [1.807, 2.05) is 13.8 Å². The fourth-order valence-corrected chi connectivity index (χ4v) is 5.59. The molecule has 146 valence electrons. The third-order valence-corrected chi connectivity index (χ3v) is 6.97. The molecule has 9 heteroatoms. The van der Waals surface area contributed by atoms with E-state index in [0.29, 0.717) is 18.5 Å². The van der Waals surface area contributed by atoms with Crippen molar-refractivity contribution in [3.63, 3.8) is 0 Å². The van der Waals surface area contributed by atoms with Gasteiger partial charge in [-0.3, -0.25) is 4.79 Å². The normalized spacial score (nSPS) is 18.7. The Bertz CT molecular complexity index is 952. The topological polar surface area (TPSA) is 93.6 Å². The molecule has 0 unspecified atom stereocenters. The Balaban J connectivity index is 1.65. The molecule has 0 aliphatic carbocycles. The Hall–Kier alpha value is -2.00.